The van der Waals surface area contributed by atoms with Crippen LogP contribution in [0.3, 0.4) is 0 Å². The molecular formula is C19H19BN2O2. The van der Waals surface area contributed by atoms with Crippen molar-refractivity contribution in [1.82, 2.24) is 0 Å². The van der Waals surface area contributed by atoms with E-state index in [4.69, 9.17) is 7.85 Å². The summed E-state index contributed by atoms with van der Waals surface area (Å²) in [6.45, 7) is 2.57. The van der Waals surface area contributed by atoms with Gasteiger partial charge in [0.15, 0.2) is 5.60 Å². The number of benzene rings is 2. The molecule has 1 amide bonds. The van der Waals surface area contributed by atoms with E-state index in [1.165, 1.54) is 0 Å². The number of rotatable bonds is 4. The van der Waals surface area contributed by atoms with Gasteiger partial charge in [0.1, 0.15) is 7.85 Å². The van der Waals surface area contributed by atoms with E-state index in [1.54, 1.807) is 11.8 Å². The fourth-order valence-corrected chi connectivity index (χ4v) is 2.93. The second kappa shape index (κ2) is 6.61. The smallest absolute Gasteiger partial charge is 0.264 e. The van der Waals surface area contributed by atoms with Crippen LogP contribution in [0.2, 0.25) is 0 Å². The standard InChI is InChI=1S/C19H19BN2O2/c1-14(21-13-15-6-5-7-16(20)12-15)19(24)10-11-22(18(19)23)17-8-3-2-4-9-17/h2-9,12,24H,10-11,13H2,1H3. The van der Waals surface area contributed by atoms with Crippen LogP contribution in [0.4, 0.5) is 5.69 Å². The first kappa shape index (κ1) is 16.5. The lowest BCUT2D eigenvalue weighted by molar-refractivity contribution is -0.127. The molecule has 1 unspecified atom stereocenters. The SMILES string of the molecule is [B]c1cccc(CN=C(C)C2(O)CCN(c3ccccc3)C2=O)c1. The highest BCUT2D eigenvalue weighted by Gasteiger charge is 2.47. The first-order valence-electron chi connectivity index (χ1n) is 7.96. The highest BCUT2D eigenvalue weighted by molar-refractivity contribution is 6.32. The summed E-state index contributed by atoms with van der Waals surface area (Å²) in [5.74, 6) is -0.317. The summed E-state index contributed by atoms with van der Waals surface area (Å²) in [6, 6.07) is 16.8. The van der Waals surface area contributed by atoms with Gasteiger partial charge in [-0.2, -0.15) is 0 Å². The first-order valence-corrected chi connectivity index (χ1v) is 7.96. The zero-order valence-corrected chi connectivity index (χ0v) is 13.6. The molecule has 24 heavy (non-hydrogen) atoms. The molecule has 120 valence electrons. The molecule has 0 aromatic heterocycles. The number of nitrogens with zero attached hydrogens (tertiary/aromatic N) is 2. The average Bonchev–Trinajstić information content (AvgIpc) is 2.90. The Morgan fingerprint density at radius 2 is 2.00 bits per heavy atom. The summed E-state index contributed by atoms with van der Waals surface area (Å²) in [5, 5.41) is 10.8. The Hall–Kier alpha value is -2.40. The van der Waals surface area contributed by atoms with Gasteiger partial charge in [-0.15, -0.1) is 0 Å². The quantitative estimate of drug-likeness (QED) is 0.688. The van der Waals surface area contributed by atoms with Gasteiger partial charge in [-0.3, -0.25) is 9.79 Å². The molecule has 3 rings (SSSR count). The van der Waals surface area contributed by atoms with Gasteiger partial charge >= 0.3 is 0 Å². The summed E-state index contributed by atoms with van der Waals surface area (Å²) in [4.78, 5) is 18.8. The van der Waals surface area contributed by atoms with Crippen molar-refractivity contribution in [3.63, 3.8) is 0 Å². The van der Waals surface area contributed by atoms with E-state index in [2.05, 4.69) is 4.99 Å². The minimum atomic E-state index is -1.53. The van der Waals surface area contributed by atoms with Gasteiger partial charge in [0, 0.05) is 18.7 Å². The molecule has 2 aromatic rings. The fraction of sp³-hybridized carbons (Fsp3) is 0.263. The van der Waals surface area contributed by atoms with Crippen molar-refractivity contribution >= 4 is 30.6 Å². The third kappa shape index (κ3) is 3.12. The van der Waals surface area contributed by atoms with Gasteiger partial charge in [0.2, 0.25) is 0 Å². The third-order valence-corrected chi connectivity index (χ3v) is 4.41. The number of anilines is 1. The molecule has 1 N–H and O–H groups in total. The van der Waals surface area contributed by atoms with Crippen LogP contribution in [0, 0.1) is 0 Å². The fourth-order valence-electron chi connectivity index (χ4n) is 2.93. The van der Waals surface area contributed by atoms with E-state index < -0.39 is 5.60 Å². The Kier molecular flexibility index (Phi) is 4.54. The van der Waals surface area contributed by atoms with Gasteiger partial charge in [-0.25, -0.2) is 0 Å². The maximum absolute atomic E-state index is 12.7. The van der Waals surface area contributed by atoms with Crippen LogP contribution in [0.5, 0.6) is 0 Å². The highest BCUT2D eigenvalue weighted by Crippen LogP contribution is 2.29. The van der Waals surface area contributed by atoms with Crippen LogP contribution < -0.4 is 10.4 Å². The molecule has 4 nitrogen and oxygen atoms in total. The largest absolute Gasteiger partial charge is 0.374 e. The zero-order chi connectivity index (χ0) is 17.2. The van der Waals surface area contributed by atoms with E-state index in [1.807, 2.05) is 54.6 Å². The summed E-state index contributed by atoms with van der Waals surface area (Å²) < 4.78 is 0. The maximum atomic E-state index is 12.7. The maximum Gasteiger partial charge on any atom is 0.264 e. The minimum absolute atomic E-state index is 0.317. The monoisotopic (exact) mass is 318 g/mol. The minimum Gasteiger partial charge on any atom is -0.374 e. The van der Waals surface area contributed by atoms with Crippen molar-refractivity contribution in [3.8, 4) is 0 Å². The molecule has 2 aromatic carbocycles. The van der Waals surface area contributed by atoms with E-state index in [0.29, 0.717) is 30.7 Å². The predicted molar refractivity (Wildman–Crippen MR) is 97.0 cm³/mol. The lowest BCUT2D eigenvalue weighted by Crippen LogP contribution is -2.45. The van der Waals surface area contributed by atoms with Crippen molar-refractivity contribution in [3.05, 3.63) is 60.2 Å². The van der Waals surface area contributed by atoms with Crippen molar-refractivity contribution in [2.24, 2.45) is 4.99 Å². The number of carbonyl (C=O) groups is 1. The number of amides is 1. The van der Waals surface area contributed by atoms with Crippen LogP contribution in [-0.4, -0.2) is 36.7 Å². The normalized spacial score (nSPS) is 21.3. The Morgan fingerprint density at radius 3 is 2.71 bits per heavy atom. The Bertz CT molecular complexity index is 776. The number of aliphatic hydroxyl groups is 1. The van der Waals surface area contributed by atoms with Gasteiger partial charge in [0.25, 0.3) is 5.91 Å². The van der Waals surface area contributed by atoms with Gasteiger partial charge in [-0.05, 0) is 24.6 Å². The molecule has 1 aliphatic rings. The summed E-state index contributed by atoms with van der Waals surface area (Å²) in [7, 11) is 5.76. The van der Waals surface area contributed by atoms with E-state index >= 15 is 0 Å². The first-order chi connectivity index (χ1) is 11.5. The van der Waals surface area contributed by atoms with Gasteiger partial charge in [-0.1, -0.05) is 47.9 Å². The number of hydrogen-bond acceptors (Lipinski definition) is 3. The highest BCUT2D eigenvalue weighted by atomic mass is 16.3. The molecule has 1 fully saturated rings. The second-order valence-corrected chi connectivity index (χ2v) is 6.05. The van der Waals surface area contributed by atoms with E-state index in [0.717, 1.165) is 11.3 Å². The molecule has 1 aliphatic heterocycles. The van der Waals surface area contributed by atoms with Gasteiger partial charge in [0.05, 0.1) is 12.3 Å². The van der Waals surface area contributed by atoms with Crippen LogP contribution in [0.1, 0.15) is 18.9 Å². The van der Waals surface area contributed by atoms with Crippen LogP contribution in [0.15, 0.2) is 59.6 Å². The summed E-state index contributed by atoms with van der Waals surface area (Å²) >= 11 is 0. The molecule has 0 bridgehead atoms. The Labute approximate surface area is 143 Å². The Morgan fingerprint density at radius 1 is 1.25 bits per heavy atom. The number of aliphatic imine (C=N–C) groups is 1. The molecule has 0 spiro atoms. The topological polar surface area (TPSA) is 52.9 Å². The lowest BCUT2D eigenvalue weighted by Gasteiger charge is -2.22. The second-order valence-electron chi connectivity index (χ2n) is 6.05. The molecule has 2 radical (unpaired) electrons. The number of hydrogen-bond donors (Lipinski definition) is 1. The van der Waals surface area contributed by atoms with Crippen LogP contribution >= 0.6 is 0 Å². The van der Waals surface area contributed by atoms with Crippen molar-refractivity contribution < 1.29 is 9.90 Å². The third-order valence-electron chi connectivity index (χ3n) is 4.41. The number of carbonyl (C=O) groups excluding carboxylic acids is 1. The molecule has 5 heteroatoms. The van der Waals surface area contributed by atoms with Crippen molar-refractivity contribution in [1.29, 1.82) is 0 Å². The lowest BCUT2D eigenvalue weighted by atomic mass is 9.94. The van der Waals surface area contributed by atoms with Gasteiger partial charge < -0.3 is 10.0 Å². The zero-order valence-electron chi connectivity index (χ0n) is 13.6. The predicted octanol–water partition coefficient (Wildman–Crippen LogP) is 1.61. The number of para-hydroxylation sites is 1. The van der Waals surface area contributed by atoms with Crippen LogP contribution in [0.25, 0.3) is 0 Å². The summed E-state index contributed by atoms with van der Waals surface area (Å²) in [5.41, 5.74) is 1.32. The van der Waals surface area contributed by atoms with Crippen molar-refractivity contribution in [2.75, 3.05) is 11.4 Å². The molecule has 1 atom stereocenters. The Balaban J connectivity index is 1.78. The molecular weight excluding hydrogens is 299 g/mol. The van der Waals surface area contributed by atoms with E-state index in [-0.39, 0.29) is 5.91 Å². The molecule has 1 saturated heterocycles. The van der Waals surface area contributed by atoms with Crippen LogP contribution in [-0.2, 0) is 11.3 Å². The molecule has 0 saturated carbocycles. The molecule has 1 heterocycles. The van der Waals surface area contributed by atoms with E-state index in [9.17, 15) is 9.90 Å². The molecule has 0 aliphatic carbocycles. The summed E-state index contributed by atoms with van der Waals surface area (Å²) in [6.07, 6.45) is 0.340. The average molecular weight is 318 g/mol. The van der Waals surface area contributed by atoms with Crippen molar-refractivity contribution in [2.45, 2.75) is 25.5 Å².